The fourth-order valence-corrected chi connectivity index (χ4v) is 2.51. The lowest BCUT2D eigenvalue weighted by molar-refractivity contribution is -0.137. The molecule has 6 nitrogen and oxygen atoms in total. The number of carboxylic acids is 1. The minimum Gasteiger partial charge on any atom is -0.478 e. The van der Waals surface area contributed by atoms with Crippen molar-refractivity contribution in [2.24, 2.45) is 0 Å². The molecule has 0 aliphatic rings. The van der Waals surface area contributed by atoms with Crippen LogP contribution in [0, 0.1) is 0 Å². The van der Waals surface area contributed by atoms with Gasteiger partial charge in [-0.15, -0.1) is 0 Å². The maximum atomic E-state index is 13.1. The van der Waals surface area contributed by atoms with Gasteiger partial charge in [-0.2, -0.15) is 13.2 Å². The van der Waals surface area contributed by atoms with Gasteiger partial charge < -0.3 is 15.7 Å². The van der Waals surface area contributed by atoms with Crippen LogP contribution in [-0.2, 0) is 6.18 Å². The average Bonchev–Trinajstić information content (AvgIpc) is 2.69. The summed E-state index contributed by atoms with van der Waals surface area (Å²) in [5, 5.41) is 14.4. The van der Waals surface area contributed by atoms with Gasteiger partial charge in [0.1, 0.15) is 0 Å². The molecule has 0 radical (unpaired) electrons. The number of aromatic nitrogens is 1. The quantitative estimate of drug-likeness (QED) is 0.572. The number of alkyl halides is 3. The van der Waals surface area contributed by atoms with E-state index in [1.807, 2.05) is 0 Å². The van der Waals surface area contributed by atoms with Crippen LogP contribution >= 0.6 is 0 Å². The highest BCUT2D eigenvalue weighted by atomic mass is 19.4. The Hall–Kier alpha value is -3.88. The molecule has 0 saturated heterocycles. The number of amides is 1. The second kappa shape index (κ2) is 8.01. The Morgan fingerprint density at radius 2 is 1.69 bits per heavy atom. The molecule has 1 amide bonds. The third kappa shape index (κ3) is 4.89. The van der Waals surface area contributed by atoms with Crippen molar-refractivity contribution >= 4 is 28.9 Å². The molecule has 3 rings (SSSR count). The van der Waals surface area contributed by atoms with E-state index in [2.05, 4.69) is 15.6 Å². The molecule has 2 aromatic carbocycles. The monoisotopic (exact) mass is 401 g/mol. The molecular weight excluding hydrogens is 387 g/mol. The SMILES string of the molecule is O=C(O)c1cccc(Nc2ccc(C(F)(F)F)cc2NC(=O)c2cccnc2)c1. The normalized spacial score (nSPS) is 11.0. The van der Waals surface area contributed by atoms with Gasteiger partial charge >= 0.3 is 12.1 Å². The number of anilines is 3. The summed E-state index contributed by atoms with van der Waals surface area (Å²) in [7, 11) is 0. The van der Waals surface area contributed by atoms with Gasteiger partial charge in [0.15, 0.2) is 0 Å². The van der Waals surface area contributed by atoms with Crippen LogP contribution < -0.4 is 10.6 Å². The van der Waals surface area contributed by atoms with Crippen molar-refractivity contribution in [1.29, 1.82) is 0 Å². The standard InChI is InChI=1S/C20H14F3N3O3/c21-20(22,23)14-6-7-16(25-15-5-1-3-12(9-15)19(28)29)17(10-14)26-18(27)13-4-2-8-24-11-13/h1-11,25H,(H,26,27)(H,28,29). The van der Waals surface area contributed by atoms with Crippen LogP contribution in [0.3, 0.4) is 0 Å². The molecule has 0 aliphatic carbocycles. The number of benzene rings is 2. The first-order chi connectivity index (χ1) is 13.7. The molecule has 0 atom stereocenters. The molecule has 0 unspecified atom stereocenters. The first kappa shape index (κ1) is 19.9. The van der Waals surface area contributed by atoms with Gasteiger partial charge in [0.2, 0.25) is 0 Å². The van der Waals surface area contributed by atoms with E-state index in [1.165, 1.54) is 42.7 Å². The van der Waals surface area contributed by atoms with Crippen LogP contribution in [0.25, 0.3) is 0 Å². The largest absolute Gasteiger partial charge is 0.478 e. The summed E-state index contributed by atoms with van der Waals surface area (Å²) >= 11 is 0. The van der Waals surface area contributed by atoms with E-state index < -0.39 is 23.6 Å². The van der Waals surface area contributed by atoms with E-state index >= 15 is 0 Å². The number of rotatable bonds is 5. The van der Waals surface area contributed by atoms with E-state index in [4.69, 9.17) is 5.11 Å². The lowest BCUT2D eigenvalue weighted by Gasteiger charge is -2.16. The van der Waals surface area contributed by atoms with Gasteiger partial charge in [0.25, 0.3) is 5.91 Å². The number of carbonyl (C=O) groups is 2. The van der Waals surface area contributed by atoms with Gasteiger partial charge in [0.05, 0.1) is 28.1 Å². The van der Waals surface area contributed by atoms with E-state index in [0.29, 0.717) is 5.69 Å². The molecule has 0 aliphatic heterocycles. The highest BCUT2D eigenvalue weighted by molar-refractivity contribution is 6.06. The van der Waals surface area contributed by atoms with E-state index in [-0.39, 0.29) is 22.5 Å². The van der Waals surface area contributed by atoms with E-state index in [9.17, 15) is 22.8 Å². The first-order valence-corrected chi connectivity index (χ1v) is 8.27. The topological polar surface area (TPSA) is 91.3 Å². The van der Waals surface area contributed by atoms with Crippen molar-refractivity contribution in [3.05, 3.63) is 83.7 Å². The Morgan fingerprint density at radius 1 is 0.931 bits per heavy atom. The molecule has 0 fully saturated rings. The number of hydrogen-bond acceptors (Lipinski definition) is 4. The van der Waals surface area contributed by atoms with Crippen molar-refractivity contribution in [3.8, 4) is 0 Å². The van der Waals surface area contributed by atoms with Gasteiger partial charge in [-0.25, -0.2) is 4.79 Å². The molecular formula is C20H14F3N3O3. The average molecular weight is 401 g/mol. The lowest BCUT2D eigenvalue weighted by Crippen LogP contribution is -2.15. The summed E-state index contributed by atoms with van der Waals surface area (Å²) in [5.41, 5.74) is -0.385. The Kier molecular flexibility index (Phi) is 5.49. The molecule has 0 saturated carbocycles. The summed E-state index contributed by atoms with van der Waals surface area (Å²) in [6.45, 7) is 0. The molecule has 3 aromatic rings. The third-order valence-corrected chi connectivity index (χ3v) is 3.91. The Labute approximate surface area is 163 Å². The molecule has 1 aromatic heterocycles. The molecule has 3 N–H and O–H groups in total. The van der Waals surface area contributed by atoms with Crippen LogP contribution in [0.1, 0.15) is 26.3 Å². The second-order valence-corrected chi connectivity index (χ2v) is 5.96. The molecule has 9 heteroatoms. The van der Waals surface area contributed by atoms with Crippen LogP contribution in [0.2, 0.25) is 0 Å². The summed E-state index contributed by atoms with van der Waals surface area (Å²) in [5.74, 6) is -1.79. The number of carboxylic acid groups (broad SMARTS) is 1. The smallest absolute Gasteiger partial charge is 0.416 e. The van der Waals surface area contributed by atoms with E-state index in [0.717, 1.165) is 18.2 Å². The summed E-state index contributed by atoms with van der Waals surface area (Å²) in [6, 6.07) is 11.6. The minimum absolute atomic E-state index is 0.00265. The zero-order chi connectivity index (χ0) is 21.0. The molecule has 29 heavy (non-hydrogen) atoms. The van der Waals surface area contributed by atoms with Gasteiger partial charge in [-0.1, -0.05) is 6.07 Å². The molecule has 148 valence electrons. The number of aromatic carboxylic acids is 1. The van der Waals surface area contributed by atoms with Crippen LogP contribution in [0.4, 0.5) is 30.2 Å². The zero-order valence-electron chi connectivity index (χ0n) is 14.7. The van der Waals surface area contributed by atoms with Crippen molar-refractivity contribution in [3.63, 3.8) is 0 Å². The number of pyridine rings is 1. The van der Waals surface area contributed by atoms with Crippen LogP contribution in [0.15, 0.2) is 67.0 Å². The summed E-state index contributed by atoms with van der Waals surface area (Å²) < 4.78 is 39.4. The first-order valence-electron chi connectivity index (χ1n) is 8.27. The number of hydrogen-bond donors (Lipinski definition) is 3. The highest BCUT2D eigenvalue weighted by Crippen LogP contribution is 2.35. The lowest BCUT2D eigenvalue weighted by atomic mass is 10.1. The zero-order valence-corrected chi connectivity index (χ0v) is 14.7. The number of nitrogens with one attached hydrogen (secondary N) is 2. The van der Waals surface area contributed by atoms with Crippen LogP contribution in [-0.4, -0.2) is 22.0 Å². The summed E-state index contributed by atoms with van der Waals surface area (Å²) in [4.78, 5) is 27.3. The molecule has 1 heterocycles. The van der Waals surface area contributed by atoms with Gasteiger partial charge in [0, 0.05) is 18.1 Å². The number of halogens is 3. The predicted octanol–water partition coefficient (Wildman–Crippen LogP) is 4.79. The molecule has 0 bridgehead atoms. The van der Waals surface area contributed by atoms with Crippen molar-refractivity contribution in [2.75, 3.05) is 10.6 Å². The maximum Gasteiger partial charge on any atom is 0.416 e. The Bertz CT molecular complexity index is 1050. The minimum atomic E-state index is -4.60. The second-order valence-electron chi connectivity index (χ2n) is 5.96. The van der Waals surface area contributed by atoms with Gasteiger partial charge in [-0.05, 0) is 48.5 Å². The van der Waals surface area contributed by atoms with Gasteiger partial charge in [-0.3, -0.25) is 9.78 Å². The number of carbonyl (C=O) groups excluding carboxylic acids is 1. The van der Waals surface area contributed by atoms with Crippen LogP contribution in [0.5, 0.6) is 0 Å². The fourth-order valence-electron chi connectivity index (χ4n) is 2.51. The van der Waals surface area contributed by atoms with Crippen molar-refractivity contribution in [2.45, 2.75) is 6.18 Å². The predicted molar refractivity (Wildman–Crippen MR) is 100 cm³/mol. The van der Waals surface area contributed by atoms with Crippen molar-refractivity contribution < 1.29 is 27.9 Å². The van der Waals surface area contributed by atoms with E-state index in [1.54, 1.807) is 6.07 Å². The molecule has 0 spiro atoms. The van der Waals surface area contributed by atoms with Crippen molar-refractivity contribution in [1.82, 2.24) is 4.98 Å². The fraction of sp³-hybridized carbons (Fsp3) is 0.0500. The Morgan fingerprint density at radius 3 is 2.34 bits per heavy atom. The third-order valence-electron chi connectivity index (χ3n) is 3.91. The maximum absolute atomic E-state index is 13.1. The highest BCUT2D eigenvalue weighted by Gasteiger charge is 2.31. The summed E-state index contributed by atoms with van der Waals surface area (Å²) in [6.07, 6.45) is -1.86. The Balaban J connectivity index is 1.96. The number of nitrogens with zero attached hydrogens (tertiary/aromatic N) is 1.